The molecule has 2 unspecified atom stereocenters. The van der Waals surface area contributed by atoms with Gasteiger partial charge in [0.05, 0.1) is 13.1 Å². The normalized spacial score (nSPS) is 33.7. The minimum absolute atomic E-state index is 0.463. The van der Waals surface area contributed by atoms with E-state index in [0.717, 1.165) is 17.4 Å². The molecule has 0 saturated carbocycles. The van der Waals surface area contributed by atoms with E-state index in [1.165, 1.54) is 25.1 Å². The van der Waals surface area contributed by atoms with Crippen LogP contribution in [0.15, 0.2) is 30.3 Å². The molecular weight excluding hydrogens is 210 g/mol. The number of fused-ring (bicyclic) bond motifs is 2. The fourth-order valence-corrected chi connectivity index (χ4v) is 3.72. The first-order valence-electron chi connectivity index (χ1n) is 6.62. The zero-order chi connectivity index (χ0) is 11.9. The van der Waals surface area contributed by atoms with Crippen LogP contribution in [-0.2, 0) is 4.79 Å². The number of nitrogens with zero attached hydrogens (tertiary/aromatic N) is 1. The predicted octanol–water partition coefficient (Wildman–Crippen LogP) is 2.56. The first-order valence-corrected chi connectivity index (χ1v) is 6.62. The Hall–Kier alpha value is -1.15. The van der Waals surface area contributed by atoms with E-state index in [-0.39, 0.29) is 0 Å². The number of benzene rings is 1. The maximum Gasteiger partial charge on any atom is 0.187 e. The van der Waals surface area contributed by atoms with Crippen molar-refractivity contribution in [3.63, 3.8) is 0 Å². The summed E-state index contributed by atoms with van der Waals surface area (Å²) >= 11 is 0. The van der Waals surface area contributed by atoms with Crippen LogP contribution in [0.5, 0.6) is 0 Å². The van der Waals surface area contributed by atoms with Crippen molar-refractivity contribution in [3.05, 3.63) is 35.9 Å². The van der Waals surface area contributed by atoms with Gasteiger partial charge >= 0.3 is 0 Å². The van der Waals surface area contributed by atoms with Crippen molar-refractivity contribution in [2.75, 3.05) is 19.6 Å². The number of Topliss-reactive ketones (excluding diaryl/α,β-unsaturated/α-hetero) is 1. The Balaban J connectivity index is 1.90. The number of hydrogen-bond donors (Lipinski definition) is 0. The number of quaternary nitrogens is 1. The van der Waals surface area contributed by atoms with Crippen molar-refractivity contribution in [2.45, 2.75) is 25.8 Å². The number of carbonyl (C=O) groups excluding carboxylic acids is 1. The van der Waals surface area contributed by atoms with E-state index in [0.29, 0.717) is 17.7 Å². The van der Waals surface area contributed by atoms with E-state index >= 15 is 0 Å². The van der Waals surface area contributed by atoms with Gasteiger partial charge in [-0.2, -0.15) is 0 Å². The van der Waals surface area contributed by atoms with Gasteiger partial charge in [-0.05, 0) is 6.92 Å². The summed E-state index contributed by atoms with van der Waals surface area (Å²) in [5.74, 6) is 1.13. The topological polar surface area (TPSA) is 17.1 Å². The fraction of sp³-hybridized carbons (Fsp3) is 0.533. The van der Waals surface area contributed by atoms with Gasteiger partial charge in [-0.25, -0.2) is 0 Å². The number of carbonyl (C=O) groups is 1. The Morgan fingerprint density at radius 1 is 1.29 bits per heavy atom. The summed E-state index contributed by atoms with van der Waals surface area (Å²) in [7, 11) is 0. The summed E-state index contributed by atoms with van der Waals surface area (Å²) in [6.07, 6.45) is 2.07. The average molecular weight is 230 g/mol. The maximum atomic E-state index is 11.8. The minimum atomic E-state index is 0.463. The van der Waals surface area contributed by atoms with E-state index in [1.807, 2.05) is 0 Å². The summed E-state index contributed by atoms with van der Waals surface area (Å²) in [5, 5.41) is 0. The largest absolute Gasteiger partial charge is 0.311 e. The molecule has 2 saturated heterocycles. The van der Waals surface area contributed by atoms with Gasteiger partial charge in [0.25, 0.3) is 0 Å². The highest BCUT2D eigenvalue weighted by atomic mass is 16.1. The monoisotopic (exact) mass is 230 g/mol. The molecule has 2 fully saturated rings. The first-order chi connectivity index (χ1) is 8.20. The summed E-state index contributed by atoms with van der Waals surface area (Å²) in [6.45, 7) is 5.44. The third kappa shape index (κ3) is 1.81. The highest BCUT2D eigenvalue weighted by Crippen LogP contribution is 2.40. The Morgan fingerprint density at radius 3 is 2.82 bits per heavy atom. The maximum absolute atomic E-state index is 11.8. The standard InChI is InChI=1S/C15H20NO/c1-12(14-5-3-2-4-6-14)16-8-7-13(10-16)9-15(17)11-16/h2-6,12-13H,7-11H2,1H3/q+1/t12-,13?,16?/m0/s1. The lowest BCUT2D eigenvalue weighted by Crippen LogP contribution is -2.53. The van der Waals surface area contributed by atoms with E-state index < -0.39 is 0 Å². The predicted molar refractivity (Wildman–Crippen MR) is 67.4 cm³/mol. The van der Waals surface area contributed by atoms with Gasteiger partial charge in [0.1, 0.15) is 12.6 Å². The van der Waals surface area contributed by atoms with Crippen LogP contribution in [0.3, 0.4) is 0 Å². The molecule has 2 aliphatic heterocycles. The second-order valence-corrected chi connectivity index (χ2v) is 5.77. The van der Waals surface area contributed by atoms with Crippen LogP contribution in [0, 0.1) is 5.92 Å². The van der Waals surface area contributed by atoms with Gasteiger partial charge in [-0.1, -0.05) is 30.3 Å². The SMILES string of the molecule is C[C@@H](c1ccccc1)[N+]12CCC(CC(=O)C1)C2. The molecular formula is C15H20NO+. The molecule has 0 spiro atoms. The molecule has 2 nitrogen and oxygen atoms in total. The lowest BCUT2D eigenvalue weighted by molar-refractivity contribution is -0.940. The highest BCUT2D eigenvalue weighted by Gasteiger charge is 2.48. The molecule has 17 heavy (non-hydrogen) atoms. The van der Waals surface area contributed by atoms with Crippen LogP contribution in [0.25, 0.3) is 0 Å². The summed E-state index contributed by atoms with van der Waals surface area (Å²) in [5.41, 5.74) is 1.38. The minimum Gasteiger partial charge on any atom is -0.311 e. The second-order valence-electron chi connectivity index (χ2n) is 5.77. The van der Waals surface area contributed by atoms with Gasteiger partial charge in [-0.15, -0.1) is 0 Å². The van der Waals surface area contributed by atoms with Crippen molar-refractivity contribution in [3.8, 4) is 0 Å². The number of hydrogen-bond acceptors (Lipinski definition) is 1. The van der Waals surface area contributed by atoms with Crippen molar-refractivity contribution < 1.29 is 9.28 Å². The molecule has 3 rings (SSSR count). The van der Waals surface area contributed by atoms with E-state index in [4.69, 9.17) is 0 Å². The molecule has 0 aromatic heterocycles. The Morgan fingerprint density at radius 2 is 2.06 bits per heavy atom. The molecule has 0 aliphatic carbocycles. The molecule has 2 heterocycles. The molecule has 0 amide bonds. The van der Waals surface area contributed by atoms with Gasteiger partial charge in [0.2, 0.25) is 0 Å². The highest BCUT2D eigenvalue weighted by molar-refractivity contribution is 5.80. The third-order valence-electron chi connectivity index (χ3n) is 4.72. The lowest BCUT2D eigenvalue weighted by Gasteiger charge is -2.42. The molecule has 0 radical (unpaired) electrons. The van der Waals surface area contributed by atoms with Crippen molar-refractivity contribution in [1.29, 1.82) is 0 Å². The van der Waals surface area contributed by atoms with Crippen molar-refractivity contribution in [2.24, 2.45) is 5.92 Å². The van der Waals surface area contributed by atoms with Crippen LogP contribution in [-0.4, -0.2) is 29.9 Å². The van der Waals surface area contributed by atoms with Crippen LogP contribution in [0.1, 0.15) is 31.4 Å². The van der Waals surface area contributed by atoms with E-state index in [1.54, 1.807) is 0 Å². The number of piperidine rings is 1. The van der Waals surface area contributed by atoms with E-state index in [9.17, 15) is 4.79 Å². The van der Waals surface area contributed by atoms with Crippen LogP contribution in [0.4, 0.5) is 0 Å². The zero-order valence-corrected chi connectivity index (χ0v) is 10.4. The van der Waals surface area contributed by atoms with Crippen molar-refractivity contribution in [1.82, 2.24) is 0 Å². The third-order valence-corrected chi connectivity index (χ3v) is 4.72. The Kier molecular flexibility index (Phi) is 2.55. The number of rotatable bonds is 2. The van der Waals surface area contributed by atoms with Gasteiger partial charge < -0.3 is 4.48 Å². The summed E-state index contributed by atoms with van der Waals surface area (Å²) in [6, 6.07) is 11.1. The first kappa shape index (κ1) is 11.0. The smallest absolute Gasteiger partial charge is 0.187 e. The van der Waals surface area contributed by atoms with Crippen LogP contribution >= 0.6 is 0 Å². The summed E-state index contributed by atoms with van der Waals surface area (Å²) in [4.78, 5) is 11.8. The number of ketones is 1. The van der Waals surface area contributed by atoms with Crippen LogP contribution in [0.2, 0.25) is 0 Å². The molecule has 2 aliphatic rings. The lowest BCUT2D eigenvalue weighted by atomic mass is 9.96. The molecule has 3 atom stereocenters. The molecule has 1 aromatic rings. The molecule has 2 bridgehead atoms. The quantitative estimate of drug-likeness (QED) is 0.714. The molecule has 0 N–H and O–H groups in total. The molecule has 1 aromatic carbocycles. The van der Waals surface area contributed by atoms with Gasteiger partial charge in [-0.3, -0.25) is 4.79 Å². The molecule has 90 valence electrons. The zero-order valence-electron chi connectivity index (χ0n) is 10.4. The van der Waals surface area contributed by atoms with Gasteiger partial charge in [0, 0.05) is 24.3 Å². The fourth-order valence-electron chi connectivity index (χ4n) is 3.72. The Labute approximate surface area is 103 Å². The molecule has 2 heteroatoms. The Bertz CT molecular complexity index is 428. The van der Waals surface area contributed by atoms with Gasteiger partial charge in [0.15, 0.2) is 5.78 Å². The van der Waals surface area contributed by atoms with Crippen molar-refractivity contribution >= 4 is 5.78 Å². The average Bonchev–Trinajstić information content (AvgIpc) is 2.66. The second kappa shape index (κ2) is 3.95. The van der Waals surface area contributed by atoms with Crippen LogP contribution < -0.4 is 0 Å². The van der Waals surface area contributed by atoms with E-state index in [2.05, 4.69) is 37.3 Å². The summed E-state index contributed by atoms with van der Waals surface area (Å²) < 4.78 is 1.01.